The van der Waals surface area contributed by atoms with Gasteiger partial charge in [0.2, 0.25) is 11.5 Å². The molecule has 0 fully saturated rings. The lowest BCUT2D eigenvalue weighted by molar-refractivity contribution is -0.386. The molecule has 6 aromatic rings. The van der Waals surface area contributed by atoms with Crippen molar-refractivity contribution >= 4 is 38.7 Å². The lowest BCUT2D eigenvalue weighted by Crippen LogP contribution is -2.06. The molecule has 0 unspecified atom stereocenters. The molecule has 0 amide bonds. The molecule has 0 spiro atoms. The number of ketones is 1. The molecular weight excluding hydrogens is 572 g/mol. The number of carbonyl (C=O) groups excluding carboxylic acids is 1. The number of carbonyl (C=O) groups is 1. The minimum atomic E-state index is -0.880. The first-order chi connectivity index (χ1) is 21.1. The Morgan fingerprint density at radius 2 is 0.955 bits per heavy atom. The summed E-state index contributed by atoms with van der Waals surface area (Å²) in [5, 5.41) is 64.7. The number of aromatic hydroxyl groups is 4. The number of rotatable bonds is 6. The molecule has 0 aliphatic carbocycles. The highest BCUT2D eigenvalue weighted by atomic mass is 16.6. The minimum Gasteiger partial charge on any atom is -0.504 e. The molecular formula is C31H18N4O9. The second kappa shape index (κ2) is 10.3. The van der Waals surface area contributed by atoms with Gasteiger partial charge in [0.25, 0.3) is 0 Å². The maximum Gasteiger partial charge on any atom is 0.315 e. The number of nitro benzene ring substituents is 2. The van der Waals surface area contributed by atoms with E-state index in [1.165, 1.54) is 12.4 Å². The van der Waals surface area contributed by atoms with E-state index in [9.17, 15) is 45.4 Å². The van der Waals surface area contributed by atoms with E-state index >= 15 is 0 Å². The molecule has 0 bridgehead atoms. The predicted octanol–water partition coefficient (Wildman–Crippen LogP) is 5.99. The summed E-state index contributed by atoms with van der Waals surface area (Å²) in [5.41, 5.74) is -0.328. The highest BCUT2D eigenvalue weighted by molar-refractivity contribution is 6.22. The molecule has 4 aromatic carbocycles. The van der Waals surface area contributed by atoms with E-state index in [1.54, 1.807) is 48.5 Å². The predicted molar refractivity (Wildman–Crippen MR) is 158 cm³/mol. The van der Waals surface area contributed by atoms with Crippen LogP contribution in [0.15, 0.2) is 85.2 Å². The summed E-state index contributed by atoms with van der Waals surface area (Å²) in [5.74, 6) is -3.63. The Bertz CT molecular complexity index is 2060. The fourth-order valence-electron chi connectivity index (χ4n) is 5.11. The van der Waals surface area contributed by atoms with Crippen LogP contribution in [0, 0.1) is 20.2 Å². The summed E-state index contributed by atoms with van der Waals surface area (Å²) in [6.07, 6.45) is 2.61. The van der Waals surface area contributed by atoms with Gasteiger partial charge in [-0.15, -0.1) is 0 Å². The van der Waals surface area contributed by atoms with Gasteiger partial charge in [0.05, 0.1) is 21.2 Å². The maximum atomic E-state index is 14.0. The molecule has 2 aromatic heterocycles. The molecule has 0 saturated heterocycles. The number of hydrogen-bond donors (Lipinski definition) is 4. The van der Waals surface area contributed by atoms with Gasteiger partial charge >= 0.3 is 11.4 Å². The number of phenols is 4. The molecule has 6 rings (SSSR count). The molecule has 216 valence electrons. The fourth-order valence-corrected chi connectivity index (χ4v) is 5.11. The van der Waals surface area contributed by atoms with Gasteiger partial charge in [-0.05, 0) is 22.9 Å². The highest BCUT2D eigenvalue weighted by Gasteiger charge is 2.25. The normalized spacial score (nSPS) is 11.1. The largest absolute Gasteiger partial charge is 0.504 e. The molecule has 0 aliphatic heterocycles. The Kier molecular flexibility index (Phi) is 6.46. The van der Waals surface area contributed by atoms with Crippen molar-refractivity contribution in [1.82, 2.24) is 9.97 Å². The second-order valence-corrected chi connectivity index (χ2v) is 9.70. The number of phenolic OH excluding ortho intramolecular Hbond substituents is 4. The fraction of sp³-hybridized carbons (Fsp3) is 0. The summed E-state index contributed by atoms with van der Waals surface area (Å²) in [6.45, 7) is 0. The van der Waals surface area contributed by atoms with Crippen LogP contribution >= 0.6 is 0 Å². The van der Waals surface area contributed by atoms with Crippen LogP contribution in [-0.4, -0.2) is 46.0 Å². The number of pyridine rings is 2. The number of benzene rings is 4. The summed E-state index contributed by atoms with van der Waals surface area (Å²) in [7, 11) is 0. The van der Waals surface area contributed by atoms with Crippen molar-refractivity contribution in [1.29, 1.82) is 0 Å². The maximum absolute atomic E-state index is 14.0. The molecule has 13 nitrogen and oxygen atoms in total. The minimum absolute atomic E-state index is 0.143. The lowest BCUT2D eigenvalue weighted by atomic mass is 9.93. The van der Waals surface area contributed by atoms with E-state index in [0.717, 1.165) is 24.3 Å². The van der Waals surface area contributed by atoms with Gasteiger partial charge in [0.15, 0.2) is 17.3 Å². The topological polar surface area (TPSA) is 210 Å². The highest BCUT2D eigenvalue weighted by Crippen LogP contribution is 2.42. The van der Waals surface area contributed by atoms with Gasteiger partial charge in [-0.25, -0.2) is 0 Å². The monoisotopic (exact) mass is 590 g/mol. The SMILES string of the molecule is O=C(c1cnc(-c2cc(O)c(O)c([N+](=O)[O-])c2)c2ccccc12)c1cnc(-c2cc(O)c(O)c([N+](=O)[O-])c2)c2ccccc12. The van der Waals surface area contributed by atoms with Gasteiger partial charge < -0.3 is 20.4 Å². The second-order valence-electron chi connectivity index (χ2n) is 9.70. The van der Waals surface area contributed by atoms with E-state index in [2.05, 4.69) is 9.97 Å². The molecule has 44 heavy (non-hydrogen) atoms. The average molecular weight is 591 g/mol. The first kappa shape index (κ1) is 27.5. The zero-order valence-electron chi connectivity index (χ0n) is 22.2. The summed E-state index contributed by atoms with van der Waals surface area (Å²) < 4.78 is 0. The van der Waals surface area contributed by atoms with Crippen molar-refractivity contribution in [3.8, 4) is 45.5 Å². The number of hydrogen-bond acceptors (Lipinski definition) is 11. The Hall–Kier alpha value is -6.63. The molecule has 0 radical (unpaired) electrons. The van der Waals surface area contributed by atoms with Crippen molar-refractivity contribution in [2.24, 2.45) is 0 Å². The van der Waals surface area contributed by atoms with Crippen LogP contribution in [0.4, 0.5) is 11.4 Å². The third-order valence-corrected chi connectivity index (χ3v) is 7.16. The average Bonchev–Trinajstić information content (AvgIpc) is 3.02. The van der Waals surface area contributed by atoms with E-state index in [-0.39, 0.29) is 33.6 Å². The Morgan fingerprint density at radius 1 is 0.591 bits per heavy atom. The first-order valence-electron chi connectivity index (χ1n) is 12.8. The number of aromatic nitrogens is 2. The van der Waals surface area contributed by atoms with Crippen LogP contribution in [0.2, 0.25) is 0 Å². The molecule has 0 aliphatic rings. The molecule has 13 heteroatoms. The third-order valence-electron chi connectivity index (χ3n) is 7.16. The van der Waals surface area contributed by atoms with E-state index < -0.39 is 50.0 Å². The van der Waals surface area contributed by atoms with Crippen molar-refractivity contribution in [2.45, 2.75) is 0 Å². The van der Waals surface area contributed by atoms with E-state index in [1.807, 2.05) is 0 Å². The number of nitro groups is 2. The summed E-state index contributed by atoms with van der Waals surface area (Å²) in [6, 6.07) is 17.9. The van der Waals surface area contributed by atoms with E-state index in [0.29, 0.717) is 21.5 Å². The summed E-state index contributed by atoms with van der Waals surface area (Å²) >= 11 is 0. The van der Waals surface area contributed by atoms with Crippen LogP contribution in [0.1, 0.15) is 15.9 Å². The first-order valence-corrected chi connectivity index (χ1v) is 12.8. The Balaban J connectivity index is 1.51. The lowest BCUT2D eigenvalue weighted by Gasteiger charge is -2.13. The van der Waals surface area contributed by atoms with E-state index in [4.69, 9.17) is 0 Å². The molecule has 0 saturated carbocycles. The Labute approximate surface area is 245 Å². The Morgan fingerprint density at radius 3 is 1.32 bits per heavy atom. The molecule has 4 N–H and O–H groups in total. The zero-order chi connectivity index (χ0) is 31.3. The van der Waals surface area contributed by atoms with Crippen LogP contribution in [0.5, 0.6) is 23.0 Å². The van der Waals surface area contributed by atoms with Crippen LogP contribution in [0.3, 0.4) is 0 Å². The summed E-state index contributed by atoms with van der Waals surface area (Å²) in [4.78, 5) is 44.1. The number of fused-ring (bicyclic) bond motifs is 2. The number of nitrogens with zero attached hydrogens (tertiary/aromatic N) is 4. The standard InChI is InChI=1S/C31H18N4O9/c36-25-11-15(9-23(30(25)39)34(41)42)27-19-7-3-1-5-17(19)21(13-32-27)29(38)22-14-33-28(20-8-4-2-6-18(20)22)16-10-24(35(43)44)31(40)26(37)12-16/h1-14,36-37,39-40H. The van der Waals surface area contributed by atoms with Crippen LogP contribution in [0.25, 0.3) is 44.1 Å². The van der Waals surface area contributed by atoms with Crippen LogP contribution in [-0.2, 0) is 0 Å². The molecule has 0 atom stereocenters. The zero-order valence-corrected chi connectivity index (χ0v) is 22.2. The molecule has 2 heterocycles. The van der Waals surface area contributed by atoms with Crippen molar-refractivity contribution in [3.05, 3.63) is 117 Å². The third kappa shape index (κ3) is 4.41. The smallest absolute Gasteiger partial charge is 0.315 e. The van der Waals surface area contributed by atoms with Gasteiger partial charge in [-0.1, -0.05) is 48.5 Å². The van der Waals surface area contributed by atoms with Crippen LogP contribution < -0.4 is 0 Å². The van der Waals surface area contributed by atoms with Gasteiger partial charge in [-0.3, -0.25) is 35.0 Å². The van der Waals surface area contributed by atoms with Crippen molar-refractivity contribution in [3.63, 3.8) is 0 Å². The van der Waals surface area contributed by atoms with Crippen molar-refractivity contribution < 1.29 is 35.1 Å². The quantitative estimate of drug-likeness (QED) is 0.0766. The van der Waals surface area contributed by atoms with Gasteiger partial charge in [0, 0.05) is 57.6 Å². The van der Waals surface area contributed by atoms with Crippen molar-refractivity contribution in [2.75, 3.05) is 0 Å². The van der Waals surface area contributed by atoms with Gasteiger partial charge in [-0.2, -0.15) is 0 Å². The van der Waals surface area contributed by atoms with Gasteiger partial charge in [0.1, 0.15) is 0 Å².